The maximum absolute atomic E-state index is 13.7. The highest BCUT2D eigenvalue weighted by molar-refractivity contribution is 7.89. The number of nitrogens with zero attached hydrogens (tertiary/aromatic N) is 4. The van der Waals surface area contributed by atoms with E-state index in [1.807, 2.05) is 0 Å². The minimum Gasteiger partial charge on any atom is -0.393 e. The standard InChI is InChI=1S/C23H33FN6O4S/c1-2-16(24)13-26-23-27-15-20(22(29-23)28-17-3-5-18(31)6-4-17)21-8-7-19(14-25-21)35(32,33)30-9-11-34-12-10-30/h7-8,14-18,31H,2-6,9-13H2,1H3,(H2,26,27,28,29)/t16-,17?,18?/m0/s1. The molecule has 192 valence electrons. The van der Waals surface area contributed by atoms with Crippen LogP contribution in [0.15, 0.2) is 29.4 Å². The predicted octanol–water partition coefficient (Wildman–Crippen LogP) is 2.43. The second-order valence-corrected chi connectivity index (χ2v) is 10.8. The summed E-state index contributed by atoms with van der Waals surface area (Å²) in [5.41, 5.74) is 1.14. The Labute approximate surface area is 205 Å². The molecule has 1 aliphatic carbocycles. The number of anilines is 2. The van der Waals surface area contributed by atoms with E-state index in [0.717, 1.165) is 12.8 Å². The molecule has 0 unspecified atom stereocenters. The molecule has 2 aromatic rings. The molecule has 0 spiro atoms. The van der Waals surface area contributed by atoms with Crippen LogP contribution < -0.4 is 10.6 Å². The maximum Gasteiger partial charge on any atom is 0.244 e. The zero-order chi connectivity index (χ0) is 24.8. The van der Waals surface area contributed by atoms with Crippen molar-refractivity contribution >= 4 is 21.8 Å². The van der Waals surface area contributed by atoms with Crippen LogP contribution in [0, 0.1) is 0 Å². The fourth-order valence-electron chi connectivity index (χ4n) is 4.15. The summed E-state index contributed by atoms with van der Waals surface area (Å²) in [6.07, 6.45) is 5.05. The van der Waals surface area contributed by atoms with E-state index in [2.05, 4.69) is 25.6 Å². The van der Waals surface area contributed by atoms with Crippen LogP contribution in [0.25, 0.3) is 11.3 Å². The van der Waals surface area contributed by atoms with E-state index >= 15 is 0 Å². The first-order valence-corrected chi connectivity index (χ1v) is 13.5. The molecular formula is C23H33FN6O4S. The van der Waals surface area contributed by atoms with E-state index in [1.165, 1.54) is 16.6 Å². The van der Waals surface area contributed by atoms with Crippen molar-refractivity contribution in [3.8, 4) is 11.3 Å². The number of hydrogen-bond donors (Lipinski definition) is 3. The van der Waals surface area contributed by atoms with Gasteiger partial charge in [-0.2, -0.15) is 9.29 Å². The normalized spacial score (nSPS) is 22.5. The van der Waals surface area contributed by atoms with Crippen LogP contribution >= 0.6 is 0 Å². The number of aliphatic hydroxyl groups is 1. The van der Waals surface area contributed by atoms with Crippen LogP contribution in [-0.2, 0) is 14.8 Å². The summed E-state index contributed by atoms with van der Waals surface area (Å²) in [6.45, 7) is 3.25. The van der Waals surface area contributed by atoms with Gasteiger partial charge in [0.1, 0.15) is 16.9 Å². The molecule has 0 aromatic carbocycles. The summed E-state index contributed by atoms with van der Waals surface area (Å²) >= 11 is 0. The molecule has 3 heterocycles. The molecule has 1 atom stereocenters. The number of nitrogens with one attached hydrogen (secondary N) is 2. The molecule has 35 heavy (non-hydrogen) atoms. The number of sulfonamides is 1. The van der Waals surface area contributed by atoms with Gasteiger partial charge in [0.05, 0.1) is 30.6 Å². The lowest BCUT2D eigenvalue weighted by atomic mass is 9.93. The Hall–Kier alpha value is -2.41. The van der Waals surface area contributed by atoms with Crippen LogP contribution in [0.5, 0.6) is 0 Å². The summed E-state index contributed by atoms with van der Waals surface area (Å²) in [4.78, 5) is 13.4. The number of aromatic nitrogens is 3. The number of hydrogen-bond acceptors (Lipinski definition) is 9. The van der Waals surface area contributed by atoms with Crippen molar-refractivity contribution in [3.63, 3.8) is 0 Å². The summed E-state index contributed by atoms with van der Waals surface area (Å²) < 4.78 is 46.2. The zero-order valence-electron chi connectivity index (χ0n) is 19.9. The van der Waals surface area contributed by atoms with Crippen LogP contribution in [-0.4, -0.2) is 83.9 Å². The predicted molar refractivity (Wildman–Crippen MR) is 130 cm³/mol. The van der Waals surface area contributed by atoms with Gasteiger partial charge >= 0.3 is 0 Å². The summed E-state index contributed by atoms with van der Waals surface area (Å²) in [6, 6.07) is 3.30. The molecule has 2 aromatic heterocycles. The van der Waals surface area contributed by atoms with Crippen LogP contribution in [0.2, 0.25) is 0 Å². The maximum atomic E-state index is 13.7. The van der Waals surface area contributed by atoms with Crippen LogP contribution in [0.1, 0.15) is 39.0 Å². The highest BCUT2D eigenvalue weighted by atomic mass is 32.2. The second kappa shape index (κ2) is 11.5. The third kappa shape index (κ3) is 6.43. The third-order valence-electron chi connectivity index (χ3n) is 6.37. The van der Waals surface area contributed by atoms with Crippen molar-refractivity contribution in [1.82, 2.24) is 19.3 Å². The summed E-state index contributed by atoms with van der Waals surface area (Å²) in [5.74, 6) is 0.835. The van der Waals surface area contributed by atoms with E-state index in [-0.39, 0.29) is 23.6 Å². The Kier molecular flexibility index (Phi) is 8.47. The van der Waals surface area contributed by atoms with Gasteiger partial charge in [0, 0.05) is 38.1 Å². The van der Waals surface area contributed by atoms with Gasteiger partial charge in [0.25, 0.3) is 0 Å². The van der Waals surface area contributed by atoms with Gasteiger partial charge in [-0.1, -0.05) is 6.92 Å². The summed E-state index contributed by atoms with van der Waals surface area (Å²) in [7, 11) is -3.65. The topological polar surface area (TPSA) is 130 Å². The van der Waals surface area contributed by atoms with E-state index in [4.69, 9.17) is 4.74 Å². The number of pyridine rings is 1. The molecule has 2 fully saturated rings. The molecule has 1 saturated heterocycles. The van der Waals surface area contributed by atoms with Crippen LogP contribution in [0.3, 0.4) is 0 Å². The number of alkyl halides is 1. The minimum atomic E-state index is -3.65. The van der Waals surface area contributed by atoms with Gasteiger partial charge in [-0.3, -0.25) is 4.98 Å². The molecule has 12 heteroatoms. The lowest BCUT2D eigenvalue weighted by Crippen LogP contribution is -2.40. The molecule has 0 bridgehead atoms. The molecule has 4 rings (SSSR count). The quantitative estimate of drug-likeness (QED) is 0.468. The van der Waals surface area contributed by atoms with Crippen molar-refractivity contribution in [3.05, 3.63) is 24.5 Å². The Bertz CT molecular complexity index is 1070. The first-order valence-electron chi connectivity index (χ1n) is 12.1. The lowest BCUT2D eigenvalue weighted by Gasteiger charge is -2.27. The Morgan fingerprint density at radius 2 is 1.91 bits per heavy atom. The largest absolute Gasteiger partial charge is 0.393 e. The highest BCUT2D eigenvalue weighted by Gasteiger charge is 2.27. The number of rotatable bonds is 9. The number of morpholine rings is 1. The van der Waals surface area contributed by atoms with Crippen molar-refractivity contribution in [2.75, 3.05) is 43.5 Å². The Morgan fingerprint density at radius 1 is 1.17 bits per heavy atom. The fraction of sp³-hybridized carbons (Fsp3) is 0.609. The SMILES string of the molecule is CC[C@H](F)CNc1ncc(-c2ccc(S(=O)(=O)N3CCOCC3)cn2)c(NC2CCC(O)CC2)n1. The lowest BCUT2D eigenvalue weighted by molar-refractivity contribution is 0.0730. The van der Waals surface area contributed by atoms with Gasteiger partial charge in [0.15, 0.2) is 0 Å². The smallest absolute Gasteiger partial charge is 0.244 e. The molecule has 2 aliphatic rings. The van der Waals surface area contributed by atoms with Crippen molar-refractivity contribution in [1.29, 1.82) is 0 Å². The van der Waals surface area contributed by atoms with Crippen molar-refractivity contribution < 1.29 is 22.7 Å². The zero-order valence-corrected chi connectivity index (χ0v) is 20.7. The van der Waals surface area contributed by atoms with Crippen molar-refractivity contribution in [2.24, 2.45) is 0 Å². The van der Waals surface area contributed by atoms with Gasteiger partial charge in [0.2, 0.25) is 16.0 Å². The van der Waals surface area contributed by atoms with E-state index in [9.17, 15) is 17.9 Å². The molecule has 0 amide bonds. The second-order valence-electron chi connectivity index (χ2n) is 8.89. The first kappa shape index (κ1) is 25.7. The van der Waals surface area contributed by atoms with Gasteiger partial charge in [-0.05, 0) is 44.2 Å². The number of ether oxygens (including phenoxy) is 1. The van der Waals surface area contributed by atoms with Gasteiger partial charge < -0.3 is 20.5 Å². The van der Waals surface area contributed by atoms with E-state index < -0.39 is 16.2 Å². The van der Waals surface area contributed by atoms with Gasteiger partial charge in [-0.15, -0.1) is 0 Å². The molecule has 10 nitrogen and oxygen atoms in total. The monoisotopic (exact) mass is 508 g/mol. The Balaban J connectivity index is 1.58. The molecule has 1 aliphatic heterocycles. The minimum absolute atomic E-state index is 0.108. The Morgan fingerprint density at radius 3 is 2.57 bits per heavy atom. The molecule has 3 N–H and O–H groups in total. The third-order valence-corrected chi connectivity index (χ3v) is 8.25. The van der Waals surface area contributed by atoms with Crippen molar-refractivity contribution in [2.45, 2.75) is 62.2 Å². The average Bonchev–Trinajstić information content (AvgIpc) is 2.89. The number of aliphatic hydroxyl groups excluding tert-OH is 1. The first-order chi connectivity index (χ1) is 16.9. The van der Waals surface area contributed by atoms with E-state index in [1.54, 1.807) is 19.2 Å². The van der Waals surface area contributed by atoms with Crippen LogP contribution in [0.4, 0.5) is 16.2 Å². The van der Waals surface area contributed by atoms with E-state index in [0.29, 0.717) is 68.6 Å². The average molecular weight is 509 g/mol. The highest BCUT2D eigenvalue weighted by Crippen LogP contribution is 2.30. The van der Waals surface area contributed by atoms with Gasteiger partial charge in [-0.25, -0.2) is 17.8 Å². The molecular weight excluding hydrogens is 475 g/mol. The molecule has 1 saturated carbocycles. The summed E-state index contributed by atoms with van der Waals surface area (Å²) in [5, 5.41) is 16.2. The number of halogens is 1. The fourth-order valence-corrected chi connectivity index (χ4v) is 5.51. The molecule has 0 radical (unpaired) electrons.